The van der Waals surface area contributed by atoms with Gasteiger partial charge in [-0.1, -0.05) is 0 Å². The molecule has 7 nitrogen and oxygen atoms in total. The van der Waals surface area contributed by atoms with Crippen molar-refractivity contribution in [2.75, 3.05) is 13.7 Å². The zero-order chi connectivity index (χ0) is 20.7. The number of hydrogen-bond acceptors (Lipinski definition) is 5. The van der Waals surface area contributed by atoms with Crippen molar-refractivity contribution in [2.45, 2.75) is 18.9 Å². The van der Waals surface area contributed by atoms with E-state index in [0.717, 1.165) is 30.4 Å². The van der Waals surface area contributed by atoms with Gasteiger partial charge >= 0.3 is 0 Å². The summed E-state index contributed by atoms with van der Waals surface area (Å²) in [6.07, 6.45) is 6.31. The molecule has 8 heteroatoms. The zero-order valence-corrected chi connectivity index (χ0v) is 16.4. The number of aldehydes is 1. The fourth-order valence-electron chi connectivity index (χ4n) is 3.88. The van der Waals surface area contributed by atoms with Crippen LogP contribution in [0.25, 0.3) is 28.3 Å². The molecule has 1 aliphatic rings. The molecule has 4 aromatic rings. The molecule has 1 aliphatic carbocycles. The molecular weight excluding hydrogens is 385 g/mol. The number of aromatic nitrogens is 5. The Morgan fingerprint density at radius 1 is 1.20 bits per heavy atom. The monoisotopic (exact) mass is 405 g/mol. The molecule has 1 fully saturated rings. The standard InChI is InChI=1S/C22H20FN5O2/c1-30-12-19(14-2-3-14)27-13-25-21(15-4-6-16(23)7-5-15)22(27)18-8-9-20-24-10-17(11-29)28(20)26-18/h4-11,13-14,19H,2-3,12H2,1H3. The Kier molecular flexibility index (Phi) is 4.63. The van der Waals surface area contributed by atoms with E-state index in [1.807, 2.05) is 12.1 Å². The molecule has 1 atom stereocenters. The minimum atomic E-state index is -0.302. The number of imidazole rings is 2. The highest BCUT2D eigenvalue weighted by Crippen LogP contribution is 2.43. The molecule has 0 aliphatic heterocycles. The van der Waals surface area contributed by atoms with Crippen molar-refractivity contribution in [3.05, 3.63) is 60.4 Å². The normalized spacial score (nSPS) is 14.9. The van der Waals surface area contributed by atoms with Crippen molar-refractivity contribution in [1.82, 2.24) is 24.1 Å². The van der Waals surface area contributed by atoms with Crippen LogP contribution in [0.15, 0.2) is 48.9 Å². The van der Waals surface area contributed by atoms with Gasteiger partial charge in [0.15, 0.2) is 11.9 Å². The topological polar surface area (TPSA) is 74.3 Å². The lowest BCUT2D eigenvalue weighted by Gasteiger charge is -2.20. The Morgan fingerprint density at radius 3 is 2.70 bits per heavy atom. The molecule has 1 unspecified atom stereocenters. The first-order valence-corrected chi connectivity index (χ1v) is 9.81. The fourth-order valence-corrected chi connectivity index (χ4v) is 3.88. The van der Waals surface area contributed by atoms with Crippen molar-refractivity contribution in [1.29, 1.82) is 0 Å². The fraction of sp³-hybridized carbons (Fsp3) is 0.273. The van der Waals surface area contributed by atoms with E-state index in [1.54, 1.807) is 25.6 Å². The molecule has 3 aromatic heterocycles. The maximum atomic E-state index is 13.5. The van der Waals surface area contributed by atoms with Gasteiger partial charge in [-0.15, -0.1) is 0 Å². The minimum Gasteiger partial charge on any atom is -0.383 e. The molecule has 5 rings (SSSR count). The smallest absolute Gasteiger partial charge is 0.170 e. The van der Waals surface area contributed by atoms with Crippen LogP contribution >= 0.6 is 0 Å². The van der Waals surface area contributed by atoms with E-state index in [4.69, 9.17) is 4.74 Å². The van der Waals surface area contributed by atoms with E-state index in [9.17, 15) is 9.18 Å². The maximum absolute atomic E-state index is 13.5. The van der Waals surface area contributed by atoms with Crippen LogP contribution in [0, 0.1) is 11.7 Å². The number of halogens is 1. The molecule has 1 aromatic carbocycles. The third kappa shape index (κ3) is 3.19. The Hall–Kier alpha value is -3.39. The van der Waals surface area contributed by atoms with Gasteiger partial charge in [-0.25, -0.2) is 18.9 Å². The number of carbonyl (C=O) groups is 1. The van der Waals surface area contributed by atoms with Crippen LogP contribution in [0.4, 0.5) is 4.39 Å². The Balaban J connectivity index is 1.72. The van der Waals surface area contributed by atoms with Gasteiger partial charge in [0.05, 0.1) is 36.6 Å². The molecule has 0 N–H and O–H groups in total. The molecule has 0 saturated heterocycles. The van der Waals surface area contributed by atoms with Gasteiger partial charge in [-0.05, 0) is 55.2 Å². The summed E-state index contributed by atoms with van der Waals surface area (Å²) in [6, 6.07) is 10.1. The van der Waals surface area contributed by atoms with Crippen molar-refractivity contribution >= 4 is 11.9 Å². The molecule has 30 heavy (non-hydrogen) atoms. The molecule has 1 saturated carbocycles. The average molecular weight is 405 g/mol. The van der Waals surface area contributed by atoms with Crippen LogP contribution in [0.1, 0.15) is 29.4 Å². The second kappa shape index (κ2) is 7.46. The highest BCUT2D eigenvalue weighted by molar-refractivity contribution is 5.78. The predicted molar refractivity (Wildman–Crippen MR) is 109 cm³/mol. The number of ether oxygens (including phenoxy) is 1. The maximum Gasteiger partial charge on any atom is 0.170 e. The number of hydrogen-bond donors (Lipinski definition) is 0. The van der Waals surface area contributed by atoms with E-state index in [1.165, 1.54) is 22.8 Å². The molecule has 0 bridgehead atoms. The van der Waals surface area contributed by atoms with Gasteiger partial charge in [0.2, 0.25) is 0 Å². The Morgan fingerprint density at radius 2 is 2.00 bits per heavy atom. The zero-order valence-electron chi connectivity index (χ0n) is 16.4. The van der Waals surface area contributed by atoms with Gasteiger partial charge in [-0.3, -0.25) is 4.79 Å². The molecular formula is C22H20FN5O2. The first kappa shape index (κ1) is 18.6. The lowest BCUT2D eigenvalue weighted by molar-refractivity contribution is 0.111. The van der Waals surface area contributed by atoms with E-state index < -0.39 is 0 Å². The van der Waals surface area contributed by atoms with Crippen LogP contribution in [0.5, 0.6) is 0 Å². The Bertz CT molecular complexity index is 1210. The summed E-state index contributed by atoms with van der Waals surface area (Å²) in [4.78, 5) is 20.3. The van der Waals surface area contributed by atoms with Gasteiger partial charge < -0.3 is 9.30 Å². The third-order valence-electron chi connectivity index (χ3n) is 5.52. The van der Waals surface area contributed by atoms with Crippen LogP contribution < -0.4 is 0 Å². The number of nitrogens with zero attached hydrogens (tertiary/aromatic N) is 5. The molecule has 0 amide bonds. The quantitative estimate of drug-likeness (QED) is 0.437. The van der Waals surface area contributed by atoms with Crippen molar-refractivity contribution in [2.24, 2.45) is 5.92 Å². The van der Waals surface area contributed by atoms with E-state index in [-0.39, 0.29) is 11.9 Å². The second-order valence-corrected chi connectivity index (χ2v) is 7.51. The summed E-state index contributed by atoms with van der Waals surface area (Å²) in [5.74, 6) is 0.213. The van der Waals surface area contributed by atoms with Crippen LogP contribution in [0.3, 0.4) is 0 Å². The minimum absolute atomic E-state index is 0.123. The van der Waals surface area contributed by atoms with E-state index in [2.05, 4.69) is 19.6 Å². The lowest BCUT2D eigenvalue weighted by atomic mass is 10.1. The second-order valence-electron chi connectivity index (χ2n) is 7.51. The lowest BCUT2D eigenvalue weighted by Crippen LogP contribution is -2.17. The average Bonchev–Trinajstić information content (AvgIpc) is 3.38. The van der Waals surface area contributed by atoms with Gasteiger partial charge in [-0.2, -0.15) is 5.10 Å². The van der Waals surface area contributed by atoms with Crippen molar-refractivity contribution in [3.8, 4) is 22.6 Å². The van der Waals surface area contributed by atoms with Gasteiger partial charge in [0.1, 0.15) is 17.2 Å². The summed E-state index contributed by atoms with van der Waals surface area (Å²) in [5.41, 5.74) is 3.92. The first-order valence-electron chi connectivity index (χ1n) is 9.81. The molecule has 152 valence electrons. The first-order chi connectivity index (χ1) is 14.7. The summed E-state index contributed by atoms with van der Waals surface area (Å²) in [6.45, 7) is 0.559. The molecule has 0 radical (unpaired) electrons. The predicted octanol–water partition coefficient (Wildman–Crippen LogP) is 3.81. The summed E-state index contributed by atoms with van der Waals surface area (Å²) in [7, 11) is 1.69. The van der Waals surface area contributed by atoms with Gasteiger partial charge in [0.25, 0.3) is 0 Å². The molecule has 3 heterocycles. The largest absolute Gasteiger partial charge is 0.383 e. The SMILES string of the molecule is COCC(C1CC1)n1cnc(-c2ccc(F)cc2)c1-c1ccc2ncc(C=O)n2n1. The number of fused-ring (bicyclic) bond motifs is 1. The number of methoxy groups -OCH3 is 1. The van der Waals surface area contributed by atoms with Gasteiger partial charge in [0, 0.05) is 12.7 Å². The van der Waals surface area contributed by atoms with Crippen LogP contribution in [0.2, 0.25) is 0 Å². The highest BCUT2D eigenvalue weighted by atomic mass is 19.1. The third-order valence-corrected chi connectivity index (χ3v) is 5.52. The van der Waals surface area contributed by atoms with Crippen molar-refractivity contribution in [3.63, 3.8) is 0 Å². The van der Waals surface area contributed by atoms with Crippen LogP contribution in [-0.4, -0.2) is 44.2 Å². The number of rotatable bonds is 7. The van der Waals surface area contributed by atoms with Crippen molar-refractivity contribution < 1.29 is 13.9 Å². The summed E-state index contributed by atoms with van der Waals surface area (Å²) < 4.78 is 22.6. The van der Waals surface area contributed by atoms with Crippen LogP contribution in [-0.2, 0) is 4.74 Å². The number of benzene rings is 1. The number of carbonyl (C=O) groups excluding carboxylic acids is 1. The summed E-state index contributed by atoms with van der Waals surface area (Å²) >= 11 is 0. The summed E-state index contributed by atoms with van der Waals surface area (Å²) in [5, 5.41) is 4.68. The Labute approximate surface area is 172 Å². The van der Waals surface area contributed by atoms with E-state index in [0.29, 0.717) is 35.3 Å². The molecule has 0 spiro atoms. The highest BCUT2D eigenvalue weighted by Gasteiger charge is 2.35. The van der Waals surface area contributed by atoms with E-state index >= 15 is 0 Å².